The number of carboxylic acid groups (broad SMARTS) is 1. The van der Waals surface area contributed by atoms with Gasteiger partial charge in [0.1, 0.15) is 11.3 Å². The van der Waals surface area contributed by atoms with Gasteiger partial charge in [-0.3, -0.25) is 9.36 Å². The van der Waals surface area contributed by atoms with Crippen LogP contribution in [-0.4, -0.2) is 32.4 Å². The van der Waals surface area contributed by atoms with Crippen molar-refractivity contribution in [3.63, 3.8) is 0 Å². The van der Waals surface area contributed by atoms with Crippen LogP contribution in [0.1, 0.15) is 16.1 Å². The molecule has 0 fully saturated rings. The number of fused-ring (bicyclic) bond motifs is 1. The zero-order valence-corrected chi connectivity index (χ0v) is 14.0. The Hall–Kier alpha value is -2.80. The van der Waals surface area contributed by atoms with E-state index in [1.807, 2.05) is 0 Å². The van der Waals surface area contributed by atoms with E-state index >= 15 is 0 Å². The molecule has 24 heavy (non-hydrogen) atoms. The molecule has 0 saturated heterocycles. The van der Waals surface area contributed by atoms with E-state index in [-0.39, 0.29) is 11.1 Å². The molecule has 0 aliphatic heterocycles. The highest BCUT2D eigenvalue weighted by Crippen LogP contribution is 2.29. The first-order valence-electron chi connectivity index (χ1n) is 7.01. The molecule has 0 radical (unpaired) electrons. The number of rotatable bonds is 3. The first kappa shape index (κ1) is 16.1. The summed E-state index contributed by atoms with van der Waals surface area (Å²) in [5.74, 6) is -0.259. The van der Waals surface area contributed by atoms with Gasteiger partial charge in [-0.25, -0.2) is 9.31 Å². The number of hydrogen-bond acceptors (Lipinski definition) is 4. The lowest BCUT2D eigenvalue weighted by Gasteiger charge is -2.11. The van der Waals surface area contributed by atoms with E-state index in [0.717, 1.165) is 0 Å². The quantitative estimate of drug-likeness (QED) is 0.786. The summed E-state index contributed by atoms with van der Waals surface area (Å²) >= 11 is 6.27. The summed E-state index contributed by atoms with van der Waals surface area (Å²) in [6.45, 7) is 1.69. The summed E-state index contributed by atoms with van der Waals surface area (Å²) in [6, 6.07) is 6.46. The van der Waals surface area contributed by atoms with Crippen LogP contribution < -0.4 is 10.3 Å². The van der Waals surface area contributed by atoms with Gasteiger partial charge in [-0.05, 0) is 31.2 Å². The van der Waals surface area contributed by atoms with Crippen LogP contribution in [0.25, 0.3) is 16.9 Å². The topological polar surface area (TPSA) is 85.8 Å². The van der Waals surface area contributed by atoms with Crippen LogP contribution in [0.15, 0.2) is 29.1 Å². The van der Waals surface area contributed by atoms with Crippen LogP contribution in [-0.2, 0) is 7.05 Å². The van der Waals surface area contributed by atoms with E-state index in [4.69, 9.17) is 16.3 Å². The van der Waals surface area contributed by atoms with Crippen LogP contribution >= 0.6 is 11.6 Å². The molecule has 0 bridgehead atoms. The Bertz CT molecular complexity index is 1040. The predicted octanol–water partition coefficient (Wildman–Crippen LogP) is 2.37. The van der Waals surface area contributed by atoms with Gasteiger partial charge in [-0.2, -0.15) is 0 Å². The molecular formula is C16H14ClN3O4. The first-order chi connectivity index (χ1) is 11.3. The molecule has 1 aromatic carbocycles. The van der Waals surface area contributed by atoms with Gasteiger partial charge < -0.3 is 9.84 Å². The molecule has 3 rings (SSSR count). The normalized spacial score (nSPS) is 11.0. The van der Waals surface area contributed by atoms with Crippen molar-refractivity contribution >= 4 is 23.1 Å². The first-order valence-corrected chi connectivity index (χ1v) is 7.39. The van der Waals surface area contributed by atoms with Crippen molar-refractivity contribution in [3.05, 3.63) is 50.9 Å². The lowest BCUT2D eigenvalue weighted by atomic mass is 10.2. The summed E-state index contributed by atoms with van der Waals surface area (Å²) in [6.07, 6.45) is 0. The summed E-state index contributed by atoms with van der Waals surface area (Å²) in [7, 11) is 3.06. The van der Waals surface area contributed by atoms with Crippen molar-refractivity contribution in [1.82, 2.24) is 14.2 Å². The fourth-order valence-electron chi connectivity index (χ4n) is 2.58. The molecule has 1 N–H and O–H groups in total. The maximum Gasteiger partial charge on any atom is 0.338 e. The number of carbonyl (C=O) groups is 1. The lowest BCUT2D eigenvalue weighted by molar-refractivity contribution is 0.0699. The minimum atomic E-state index is -1.17. The average molecular weight is 348 g/mol. The molecular weight excluding hydrogens is 334 g/mol. The van der Waals surface area contributed by atoms with Crippen molar-refractivity contribution in [2.24, 2.45) is 7.05 Å². The molecule has 7 nitrogen and oxygen atoms in total. The Balaban J connectivity index is 2.36. The number of halogens is 1. The SMILES string of the molecule is COc1ccc(-c2nn3c(C)cc(C(=O)O)c3c(=O)n2C)c(Cl)c1. The average Bonchev–Trinajstić information content (AvgIpc) is 2.88. The number of nitrogens with zero attached hydrogens (tertiary/aromatic N) is 3. The van der Waals surface area contributed by atoms with Crippen molar-refractivity contribution in [2.75, 3.05) is 7.11 Å². The third-order valence-corrected chi connectivity index (χ3v) is 4.13. The second kappa shape index (κ2) is 5.68. The highest BCUT2D eigenvalue weighted by Gasteiger charge is 2.21. The van der Waals surface area contributed by atoms with Gasteiger partial charge in [0, 0.05) is 18.3 Å². The number of aromatic carboxylic acids is 1. The van der Waals surface area contributed by atoms with Crippen LogP contribution in [0.3, 0.4) is 0 Å². The van der Waals surface area contributed by atoms with Gasteiger partial charge in [-0.15, -0.1) is 5.10 Å². The molecule has 2 aromatic heterocycles. The van der Waals surface area contributed by atoms with Gasteiger partial charge in [0.15, 0.2) is 5.82 Å². The fraction of sp³-hybridized carbons (Fsp3) is 0.188. The highest BCUT2D eigenvalue weighted by molar-refractivity contribution is 6.33. The van der Waals surface area contributed by atoms with Gasteiger partial charge >= 0.3 is 5.97 Å². The van der Waals surface area contributed by atoms with Crippen molar-refractivity contribution in [2.45, 2.75) is 6.92 Å². The lowest BCUT2D eigenvalue weighted by Crippen LogP contribution is -2.24. The molecule has 0 unspecified atom stereocenters. The Kier molecular flexibility index (Phi) is 3.81. The third kappa shape index (κ3) is 2.33. The maximum atomic E-state index is 12.7. The van der Waals surface area contributed by atoms with Gasteiger partial charge in [0.2, 0.25) is 0 Å². The Morgan fingerprint density at radius 2 is 2.04 bits per heavy atom. The number of hydrogen-bond donors (Lipinski definition) is 1. The second-order valence-corrected chi connectivity index (χ2v) is 5.71. The van der Waals surface area contributed by atoms with E-state index in [0.29, 0.717) is 27.9 Å². The number of ether oxygens (including phenoxy) is 1. The number of carboxylic acids is 1. The van der Waals surface area contributed by atoms with Crippen molar-refractivity contribution in [3.8, 4) is 17.1 Å². The van der Waals surface area contributed by atoms with E-state index in [1.54, 1.807) is 25.1 Å². The zero-order valence-electron chi connectivity index (χ0n) is 13.2. The Morgan fingerprint density at radius 3 is 2.62 bits per heavy atom. The predicted molar refractivity (Wildman–Crippen MR) is 89.1 cm³/mol. The van der Waals surface area contributed by atoms with E-state index < -0.39 is 11.5 Å². The zero-order chi connectivity index (χ0) is 17.6. The molecule has 0 aliphatic carbocycles. The van der Waals surface area contributed by atoms with E-state index in [9.17, 15) is 14.7 Å². The third-order valence-electron chi connectivity index (χ3n) is 3.82. The molecule has 0 saturated carbocycles. The molecule has 0 spiro atoms. The monoisotopic (exact) mass is 347 g/mol. The van der Waals surface area contributed by atoms with Crippen LogP contribution in [0.2, 0.25) is 5.02 Å². The van der Waals surface area contributed by atoms with Crippen molar-refractivity contribution in [1.29, 1.82) is 0 Å². The number of aromatic nitrogens is 3. The number of benzene rings is 1. The molecule has 8 heteroatoms. The summed E-state index contributed by atoms with van der Waals surface area (Å²) in [5.41, 5.74) is 0.580. The highest BCUT2D eigenvalue weighted by atomic mass is 35.5. The Labute approximate surface area is 141 Å². The maximum absolute atomic E-state index is 12.7. The molecule has 2 heterocycles. The number of aryl methyl sites for hydroxylation is 1. The largest absolute Gasteiger partial charge is 0.497 e. The Morgan fingerprint density at radius 1 is 1.33 bits per heavy atom. The minimum absolute atomic E-state index is 0.0240. The van der Waals surface area contributed by atoms with E-state index in [2.05, 4.69) is 5.10 Å². The van der Waals surface area contributed by atoms with Crippen LogP contribution in [0.5, 0.6) is 5.75 Å². The molecule has 0 amide bonds. The standard InChI is InChI=1S/C16H14ClN3O4/c1-8-6-11(16(22)23)13-15(21)19(2)14(18-20(8)13)10-5-4-9(24-3)7-12(10)17/h4-7H,1-3H3,(H,22,23). The summed E-state index contributed by atoms with van der Waals surface area (Å²) in [5, 5.41) is 14.1. The minimum Gasteiger partial charge on any atom is -0.497 e. The van der Waals surface area contributed by atoms with Gasteiger partial charge in [0.25, 0.3) is 5.56 Å². The van der Waals surface area contributed by atoms with Crippen LogP contribution in [0.4, 0.5) is 0 Å². The second-order valence-electron chi connectivity index (χ2n) is 5.30. The summed E-state index contributed by atoms with van der Waals surface area (Å²) in [4.78, 5) is 24.0. The van der Waals surface area contributed by atoms with Gasteiger partial charge in [0.05, 0.1) is 17.7 Å². The van der Waals surface area contributed by atoms with Gasteiger partial charge in [-0.1, -0.05) is 11.6 Å². The smallest absolute Gasteiger partial charge is 0.338 e. The van der Waals surface area contributed by atoms with Crippen molar-refractivity contribution < 1.29 is 14.6 Å². The fourth-order valence-corrected chi connectivity index (χ4v) is 2.84. The molecule has 3 aromatic rings. The van der Waals surface area contributed by atoms with E-state index in [1.165, 1.54) is 29.3 Å². The number of methoxy groups -OCH3 is 1. The molecule has 124 valence electrons. The molecule has 0 aliphatic rings. The van der Waals surface area contributed by atoms with Crippen LogP contribution in [0, 0.1) is 6.92 Å². The molecule has 0 atom stereocenters. The summed E-state index contributed by atoms with van der Waals surface area (Å²) < 4.78 is 7.74.